The zero-order valence-corrected chi connectivity index (χ0v) is 11.8. The van der Waals surface area contributed by atoms with E-state index in [0.717, 1.165) is 5.69 Å². The molecule has 1 aromatic heterocycles. The van der Waals surface area contributed by atoms with E-state index < -0.39 is 0 Å². The number of methoxy groups -OCH3 is 1. The fourth-order valence-corrected chi connectivity index (χ4v) is 2.21. The van der Waals surface area contributed by atoms with Gasteiger partial charge in [-0.2, -0.15) is 4.98 Å². The number of anilines is 1. The second kappa shape index (κ2) is 5.63. The zero-order chi connectivity index (χ0) is 13.9. The highest BCUT2D eigenvalue weighted by atomic mass is 16.5. The maximum absolute atomic E-state index is 5.44. The largest absolute Gasteiger partial charge is 0.376 e. The van der Waals surface area contributed by atoms with E-state index in [4.69, 9.17) is 9.26 Å². The number of ether oxygens (including phenoxy) is 1. The standard InChI is InChI=1S/C15H19N3O2/c1-10-3-7-12(8-4-10)16-9-13-17-15(18-20-13)14(19-2)11-5-6-11/h3-4,7-8,11,14,16H,5-6,9H2,1-2H3. The molecule has 0 saturated heterocycles. The molecule has 1 atom stereocenters. The van der Waals surface area contributed by atoms with Gasteiger partial charge in [-0.15, -0.1) is 0 Å². The minimum Gasteiger partial charge on any atom is -0.376 e. The van der Waals surface area contributed by atoms with Gasteiger partial charge in [-0.05, 0) is 37.8 Å². The molecule has 106 valence electrons. The fourth-order valence-electron chi connectivity index (χ4n) is 2.21. The first-order chi connectivity index (χ1) is 9.76. The molecule has 2 aromatic rings. The predicted molar refractivity (Wildman–Crippen MR) is 75.3 cm³/mol. The molecule has 0 radical (unpaired) electrons. The van der Waals surface area contributed by atoms with E-state index in [0.29, 0.717) is 24.2 Å². The van der Waals surface area contributed by atoms with Gasteiger partial charge in [0, 0.05) is 12.8 Å². The van der Waals surface area contributed by atoms with E-state index in [2.05, 4.69) is 34.5 Å². The summed E-state index contributed by atoms with van der Waals surface area (Å²) in [4.78, 5) is 4.41. The molecule has 5 heteroatoms. The SMILES string of the molecule is COC(c1noc(CNc2ccc(C)cc2)n1)C1CC1. The Morgan fingerprint density at radius 1 is 1.35 bits per heavy atom. The van der Waals surface area contributed by atoms with Gasteiger partial charge in [0.05, 0.1) is 6.54 Å². The lowest BCUT2D eigenvalue weighted by Gasteiger charge is -2.08. The van der Waals surface area contributed by atoms with E-state index in [1.54, 1.807) is 7.11 Å². The molecule has 1 aliphatic carbocycles. The van der Waals surface area contributed by atoms with E-state index >= 15 is 0 Å². The third kappa shape index (κ3) is 2.99. The first kappa shape index (κ1) is 13.1. The molecule has 1 heterocycles. The lowest BCUT2D eigenvalue weighted by molar-refractivity contribution is 0.0751. The Balaban J connectivity index is 1.60. The number of aryl methyl sites for hydroxylation is 1. The van der Waals surface area contributed by atoms with Crippen molar-refractivity contribution in [2.45, 2.75) is 32.4 Å². The third-order valence-corrected chi connectivity index (χ3v) is 3.54. The van der Waals surface area contributed by atoms with E-state index in [1.165, 1.54) is 18.4 Å². The van der Waals surface area contributed by atoms with Crippen LogP contribution in [0.3, 0.4) is 0 Å². The Morgan fingerprint density at radius 2 is 2.10 bits per heavy atom. The molecular formula is C15H19N3O2. The number of hydrogen-bond donors (Lipinski definition) is 1. The summed E-state index contributed by atoms with van der Waals surface area (Å²) in [6.45, 7) is 2.59. The Bertz CT molecular complexity index is 561. The molecule has 0 aliphatic heterocycles. The van der Waals surface area contributed by atoms with Crippen LogP contribution in [0.25, 0.3) is 0 Å². The highest BCUT2D eigenvalue weighted by Crippen LogP contribution is 2.41. The Kier molecular flexibility index (Phi) is 3.69. The second-order valence-electron chi connectivity index (χ2n) is 5.26. The minimum absolute atomic E-state index is 0.0214. The number of hydrogen-bond acceptors (Lipinski definition) is 5. The van der Waals surface area contributed by atoms with E-state index in [-0.39, 0.29) is 6.10 Å². The molecular weight excluding hydrogens is 254 g/mol. The van der Waals surface area contributed by atoms with Crippen LogP contribution in [0.15, 0.2) is 28.8 Å². The molecule has 20 heavy (non-hydrogen) atoms. The topological polar surface area (TPSA) is 60.2 Å². The summed E-state index contributed by atoms with van der Waals surface area (Å²) in [5, 5.41) is 7.29. The van der Waals surface area contributed by atoms with Crippen LogP contribution in [-0.4, -0.2) is 17.3 Å². The van der Waals surface area contributed by atoms with Crippen LogP contribution in [0, 0.1) is 12.8 Å². The Morgan fingerprint density at radius 3 is 2.75 bits per heavy atom. The van der Waals surface area contributed by atoms with Gasteiger partial charge < -0.3 is 14.6 Å². The van der Waals surface area contributed by atoms with Crippen molar-refractivity contribution in [1.29, 1.82) is 0 Å². The minimum atomic E-state index is -0.0214. The van der Waals surface area contributed by atoms with Crippen molar-refractivity contribution in [3.05, 3.63) is 41.5 Å². The van der Waals surface area contributed by atoms with Crippen molar-refractivity contribution < 1.29 is 9.26 Å². The molecule has 1 N–H and O–H groups in total. The van der Waals surface area contributed by atoms with Crippen molar-refractivity contribution in [2.24, 2.45) is 5.92 Å². The van der Waals surface area contributed by atoms with Gasteiger partial charge in [-0.1, -0.05) is 22.9 Å². The van der Waals surface area contributed by atoms with Gasteiger partial charge in [0.1, 0.15) is 6.10 Å². The Hall–Kier alpha value is -1.88. The summed E-state index contributed by atoms with van der Waals surface area (Å²) < 4.78 is 10.7. The van der Waals surface area contributed by atoms with Gasteiger partial charge in [0.2, 0.25) is 11.7 Å². The number of benzene rings is 1. The summed E-state index contributed by atoms with van der Waals surface area (Å²) in [5.74, 6) is 1.80. The maximum Gasteiger partial charge on any atom is 0.246 e. The maximum atomic E-state index is 5.44. The number of aromatic nitrogens is 2. The molecule has 3 rings (SSSR count). The van der Waals surface area contributed by atoms with Crippen LogP contribution in [0.1, 0.15) is 36.2 Å². The highest BCUT2D eigenvalue weighted by molar-refractivity contribution is 5.44. The van der Waals surface area contributed by atoms with Crippen LogP contribution >= 0.6 is 0 Å². The highest BCUT2D eigenvalue weighted by Gasteiger charge is 2.35. The monoisotopic (exact) mass is 273 g/mol. The first-order valence-corrected chi connectivity index (χ1v) is 6.92. The van der Waals surface area contributed by atoms with Crippen LogP contribution in [0.2, 0.25) is 0 Å². The predicted octanol–water partition coefficient (Wildman–Crippen LogP) is 3.09. The molecule has 1 unspecified atom stereocenters. The van der Waals surface area contributed by atoms with Crippen molar-refractivity contribution in [3.63, 3.8) is 0 Å². The summed E-state index contributed by atoms with van der Waals surface area (Å²) >= 11 is 0. The van der Waals surface area contributed by atoms with Gasteiger partial charge in [0.25, 0.3) is 0 Å². The molecule has 0 amide bonds. The van der Waals surface area contributed by atoms with Gasteiger partial charge in [0.15, 0.2) is 0 Å². The number of rotatable bonds is 6. The second-order valence-corrected chi connectivity index (χ2v) is 5.26. The lowest BCUT2D eigenvalue weighted by atomic mass is 10.2. The van der Waals surface area contributed by atoms with Gasteiger partial charge in [-0.25, -0.2) is 0 Å². The quantitative estimate of drug-likeness (QED) is 0.876. The van der Waals surface area contributed by atoms with Crippen molar-refractivity contribution in [1.82, 2.24) is 10.1 Å². The van der Waals surface area contributed by atoms with Crippen LogP contribution in [-0.2, 0) is 11.3 Å². The normalized spacial score (nSPS) is 16.1. The molecule has 1 aromatic carbocycles. The summed E-state index contributed by atoms with van der Waals surface area (Å²) in [5.41, 5.74) is 2.28. The first-order valence-electron chi connectivity index (χ1n) is 6.92. The van der Waals surface area contributed by atoms with Crippen LogP contribution in [0.4, 0.5) is 5.69 Å². The van der Waals surface area contributed by atoms with Crippen molar-refractivity contribution >= 4 is 5.69 Å². The lowest BCUT2D eigenvalue weighted by Crippen LogP contribution is -2.06. The fraction of sp³-hybridized carbons (Fsp3) is 0.467. The Labute approximate surface area is 118 Å². The average molecular weight is 273 g/mol. The summed E-state index contributed by atoms with van der Waals surface area (Å²) in [6, 6.07) is 8.20. The van der Waals surface area contributed by atoms with E-state index in [9.17, 15) is 0 Å². The van der Waals surface area contributed by atoms with Gasteiger partial charge >= 0.3 is 0 Å². The molecule has 0 bridgehead atoms. The smallest absolute Gasteiger partial charge is 0.246 e. The van der Waals surface area contributed by atoms with Crippen LogP contribution in [0.5, 0.6) is 0 Å². The zero-order valence-electron chi connectivity index (χ0n) is 11.8. The number of nitrogens with zero attached hydrogens (tertiary/aromatic N) is 2. The van der Waals surface area contributed by atoms with Crippen LogP contribution < -0.4 is 5.32 Å². The van der Waals surface area contributed by atoms with E-state index in [1.807, 2.05) is 12.1 Å². The average Bonchev–Trinajstić information content (AvgIpc) is 3.18. The van der Waals surface area contributed by atoms with Crippen molar-refractivity contribution in [2.75, 3.05) is 12.4 Å². The van der Waals surface area contributed by atoms with Gasteiger partial charge in [-0.3, -0.25) is 0 Å². The molecule has 1 aliphatic rings. The molecule has 0 spiro atoms. The summed E-state index contributed by atoms with van der Waals surface area (Å²) in [6.07, 6.45) is 2.35. The summed E-state index contributed by atoms with van der Waals surface area (Å²) in [7, 11) is 1.70. The number of nitrogens with one attached hydrogen (secondary N) is 1. The molecule has 1 fully saturated rings. The molecule has 1 saturated carbocycles. The van der Waals surface area contributed by atoms with Crippen molar-refractivity contribution in [3.8, 4) is 0 Å². The third-order valence-electron chi connectivity index (χ3n) is 3.54. The molecule has 5 nitrogen and oxygen atoms in total.